The van der Waals surface area contributed by atoms with Crippen molar-refractivity contribution in [2.24, 2.45) is 7.05 Å². The molecule has 8 heteroatoms. The van der Waals surface area contributed by atoms with Gasteiger partial charge in [0.2, 0.25) is 0 Å². The van der Waals surface area contributed by atoms with Crippen molar-refractivity contribution in [3.8, 4) is 11.4 Å². The molecule has 0 aromatic carbocycles. The minimum Gasteiger partial charge on any atom is -0.357 e. The lowest BCUT2D eigenvalue weighted by molar-refractivity contribution is 0.0990. The van der Waals surface area contributed by atoms with E-state index < -0.39 is 0 Å². The van der Waals surface area contributed by atoms with E-state index >= 15 is 0 Å². The number of anilines is 2. The second-order valence-corrected chi connectivity index (χ2v) is 8.21. The molecule has 138 valence electrons. The van der Waals surface area contributed by atoms with E-state index in [1.807, 2.05) is 30.8 Å². The second kappa shape index (κ2) is 6.16. The number of hydrogen-bond acceptors (Lipinski definition) is 6. The van der Waals surface area contributed by atoms with E-state index in [0.29, 0.717) is 12.2 Å². The molecule has 0 saturated carbocycles. The van der Waals surface area contributed by atoms with Crippen molar-refractivity contribution in [3.63, 3.8) is 0 Å². The summed E-state index contributed by atoms with van der Waals surface area (Å²) in [5.74, 6) is 1.78. The molecule has 0 aliphatic carbocycles. The van der Waals surface area contributed by atoms with E-state index in [2.05, 4.69) is 20.9 Å². The average Bonchev–Trinajstić information content (AvgIpc) is 3.43. The van der Waals surface area contributed by atoms with E-state index in [9.17, 15) is 4.79 Å². The quantitative estimate of drug-likeness (QED) is 0.699. The lowest BCUT2D eigenvalue weighted by Gasteiger charge is -2.16. The third-order valence-electron chi connectivity index (χ3n) is 5.23. The van der Waals surface area contributed by atoms with Gasteiger partial charge in [-0.05, 0) is 31.9 Å². The van der Waals surface area contributed by atoms with Gasteiger partial charge in [-0.25, -0.2) is 15.0 Å². The number of amides is 1. The monoisotopic (exact) mass is 380 g/mol. The highest BCUT2D eigenvalue weighted by atomic mass is 32.1. The van der Waals surface area contributed by atoms with Crippen LogP contribution < -0.4 is 9.80 Å². The van der Waals surface area contributed by atoms with Crippen LogP contribution in [0.15, 0.2) is 24.5 Å². The standard InChI is InChI=1S/C19H20N6OS/c1-12-20-10-16(27-12)25-11-14-17(19(25)26)23(2)18(22-14)13-5-6-15(21-9-13)24-7-3-4-8-24/h5-6,9-10H,3-4,7-8,11H2,1-2H3. The largest absolute Gasteiger partial charge is 0.357 e. The number of rotatable bonds is 3. The minimum atomic E-state index is -0.0171. The Labute approximate surface area is 161 Å². The number of pyridine rings is 1. The Bertz CT molecular complexity index is 1020. The highest BCUT2D eigenvalue weighted by molar-refractivity contribution is 7.15. The Morgan fingerprint density at radius 3 is 2.56 bits per heavy atom. The molecule has 2 aliphatic heterocycles. The fraction of sp³-hybridized carbons (Fsp3) is 0.368. The number of aromatic nitrogens is 4. The van der Waals surface area contributed by atoms with Crippen LogP contribution >= 0.6 is 11.3 Å². The van der Waals surface area contributed by atoms with Crippen molar-refractivity contribution in [2.45, 2.75) is 26.3 Å². The van der Waals surface area contributed by atoms with Crippen LogP contribution in [0.1, 0.15) is 34.0 Å². The lowest BCUT2D eigenvalue weighted by Crippen LogP contribution is -2.24. The Balaban J connectivity index is 1.44. The van der Waals surface area contributed by atoms with Gasteiger partial charge in [-0.2, -0.15) is 0 Å². The maximum atomic E-state index is 12.9. The smallest absolute Gasteiger partial charge is 0.277 e. The Morgan fingerprint density at radius 1 is 1.11 bits per heavy atom. The van der Waals surface area contributed by atoms with Crippen LogP contribution in [0.25, 0.3) is 11.4 Å². The number of imidazole rings is 1. The molecule has 0 spiro atoms. The summed E-state index contributed by atoms with van der Waals surface area (Å²) in [6, 6.07) is 4.10. The normalized spacial score (nSPS) is 16.4. The summed E-state index contributed by atoms with van der Waals surface area (Å²) in [5.41, 5.74) is 2.40. The maximum Gasteiger partial charge on any atom is 0.277 e. The summed E-state index contributed by atoms with van der Waals surface area (Å²) in [4.78, 5) is 30.6. The topological polar surface area (TPSA) is 67.2 Å². The predicted octanol–water partition coefficient (Wildman–Crippen LogP) is 3.01. The number of hydrogen-bond donors (Lipinski definition) is 0. The van der Waals surface area contributed by atoms with Crippen LogP contribution in [-0.4, -0.2) is 38.5 Å². The van der Waals surface area contributed by atoms with E-state index in [4.69, 9.17) is 4.98 Å². The molecule has 3 aromatic rings. The van der Waals surface area contributed by atoms with Crippen molar-refractivity contribution in [1.82, 2.24) is 19.5 Å². The minimum absolute atomic E-state index is 0.0171. The van der Waals surface area contributed by atoms with E-state index in [1.165, 1.54) is 24.2 Å². The summed E-state index contributed by atoms with van der Waals surface area (Å²) in [7, 11) is 1.90. The second-order valence-electron chi connectivity index (χ2n) is 7.00. The summed E-state index contributed by atoms with van der Waals surface area (Å²) in [6.45, 7) is 4.58. The van der Waals surface area contributed by atoms with Gasteiger partial charge in [0.25, 0.3) is 5.91 Å². The molecule has 0 N–H and O–H groups in total. The zero-order valence-electron chi connectivity index (χ0n) is 15.3. The zero-order valence-corrected chi connectivity index (χ0v) is 16.2. The van der Waals surface area contributed by atoms with Crippen LogP contribution in [0.2, 0.25) is 0 Å². The maximum absolute atomic E-state index is 12.9. The van der Waals surface area contributed by atoms with Gasteiger partial charge in [0.1, 0.15) is 22.3 Å². The molecule has 3 aromatic heterocycles. The molecular formula is C19H20N6OS. The molecule has 0 unspecified atom stereocenters. The summed E-state index contributed by atoms with van der Waals surface area (Å²) in [6.07, 6.45) is 6.08. The molecule has 7 nitrogen and oxygen atoms in total. The predicted molar refractivity (Wildman–Crippen MR) is 105 cm³/mol. The van der Waals surface area contributed by atoms with Gasteiger partial charge >= 0.3 is 0 Å². The third kappa shape index (κ3) is 2.63. The van der Waals surface area contributed by atoms with E-state index in [0.717, 1.165) is 46.0 Å². The number of nitrogens with zero attached hydrogens (tertiary/aromatic N) is 6. The van der Waals surface area contributed by atoms with Crippen LogP contribution in [0.4, 0.5) is 10.8 Å². The molecule has 5 rings (SSSR count). The van der Waals surface area contributed by atoms with Gasteiger partial charge in [0.15, 0.2) is 0 Å². The molecule has 1 saturated heterocycles. The van der Waals surface area contributed by atoms with Crippen LogP contribution in [0, 0.1) is 6.92 Å². The number of carbonyl (C=O) groups is 1. The first kappa shape index (κ1) is 16.4. The molecule has 27 heavy (non-hydrogen) atoms. The molecular weight excluding hydrogens is 360 g/mol. The van der Waals surface area contributed by atoms with Crippen molar-refractivity contribution in [2.75, 3.05) is 22.9 Å². The number of carbonyl (C=O) groups excluding carboxylic acids is 1. The summed E-state index contributed by atoms with van der Waals surface area (Å²) >= 11 is 1.53. The molecule has 1 fully saturated rings. The zero-order chi connectivity index (χ0) is 18.5. The van der Waals surface area contributed by atoms with Gasteiger partial charge < -0.3 is 9.47 Å². The van der Waals surface area contributed by atoms with Gasteiger partial charge in [-0.3, -0.25) is 9.69 Å². The van der Waals surface area contributed by atoms with Crippen LogP contribution in [-0.2, 0) is 13.6 Å². The average molecular weight is 380 g/mol. The van der Waals surface area contributed by atoms with Crippen LogP contribution in [0.5, 0.6) is 0 Å². The summed E-state index contributed by atoms with van der Waals surface area (Å²) in [5, 5.41) is 1.82. The SMILES string of the molecule is Cc1ncc(N2Cc3nc(-c4ccc(N5CCCC5)nc4)n(C)c3C2=O)s1. The highest BCUT2D eigenvalue weighted by Gasteiger charge is 2.35. The van der Waals surface area contributed by atoms with Crippen molar-refractivity contribution in [1.29, 1.82) is 0 Å². The molecule has 0 radical (unpaired) electrons. The van der Waals surface area contributed by atoms with E-state index in [-0.39, 0.29) is 5.91 Å². The fourth-order valence-electron chi connectivity index (χ4n) is 3.84. The van der Waals surface area contributed by atoms with Crippen molar-refractivity contribution < 1.29 is 4.79 Å². The van der Waals surface area contributed by atoms with E-state index in [1.54, 1.807) is 11.1 Å². The molecule has 0 bridgehead atoms. The summed E-state index contributed by atoms with van der Waals surface area (Å²) < 4.78 is 1.89. The first-order valence-electron chi connectivity index (χ1n) is 9.13. The number of fused-ring (bicyclic) bond motifs is 1. The van der Waals surface area contributed by atoms with Crippen LogP contribution in [0.3, 0.4) is 0 Å². The third-order valence-corrected chi connectivity index (χ3v) is 6.17. The number of aryl methyl sites for hydroxylation is 1. The van der Waals surface area contributed by atoms with Gasteiger partial charge in [0.05, 0.1) is 23.4 Å². The fourth-order valence-corrected chi connectivity index (χ4v) is 4.62. The van der Waals surface area contributed by atoms with Crippen molar-refractivity contribution in [3.05, 3.63) is 40.9 Å². The lowest BCUT2D eigenvalue weighted by atomic mass is 10.2. The first-order valence-corrected chi connectivity index (χ1v) is 9.95. The van der Waals surface area contributed by atoms with Gasteiger partial charge in [-0.1, -0.05) is 0 Å². The van der Waals surface area contributed by atoms with Gasteiger partial charge in [0, 0.05) is 31.9 Å². The Hall–Kier alpha value is -2.74. The molecule has 1 amide bonds. The van der Waals surface area contributed by atoms with Crippen molar-refractivity contribution >= 4 is 28.1 Å². The Morgan fingerprint density at radius 2 is 1.93 bits per heavy atom. The molecule has 5 heterocycles. The highest BCUT2D eigenvalue weighted by Crippen LogP contribution is 2.34. The van der Waals surface area contributed by atoms with Gasteiger partial charge in [-0.15, -0.1) is 11.3 Å². The Kier molecular flexibility index (Phi) is 3.75. The number of thiazole rings is 1. The molecule has 0 atom stereocenters. The molecule has 2 aliphatic rings. The first-order chi connectivity index (χ1) is 13.1.